The fraction of sp³-hybridized carbons (Fsp3) is 0.385. The molecule has 0 bridgehead atoms. The van der Waals surface area contributed by atoms with Crippen molar-refractivity contribution in [2.45, 2.75) is 26.3 Å². The zero-order valence-corrected chi connectivity index (χ0v) is 10.6. The van der Waals surface area contributed by atoms with Crippen molar-refractivity contribution in [3.05, 3.63) is 29.8 Å². The van der Waals surface area contributed by atoms with Gasteiger partial charge in [-0.1, -0.05) is 26.0 Å². The first-order valence-electron chi connectivity index (χ1n) is 5.87. The summed E-state index contributed by atoms with van der Waals surface area (Å²) >= 11 is 0. The third-order valence-electron chi connectivity index (χ3n) is 2.51. The minimum Gasteiger partial charge on any atom is -0.366 e. The summed E-state index contributed by atoms with van der Waals surface area (Å²) in [7, 11) is 0. The van der Waals surface area contributed by atoms with Gasteiger partial charge in [0.05, 0.1) is 17.3 Å². The Morgan fingerprint density at radius 3 is 2.44 bits per heavy atom. The van der Waals surface area contributed by atoms with Gasteiger partial charge in [-0.3, -0.25) is 9.59 Å². The van der Waals surface area contributed by atoms with E-state index in [4.69, 9.17) is 11.5 Å². The number of amides is 2. The molecule has 0 heterocycles. The van der Waals surface area contributed by atoms with Crippen LogP contribution in [0.15, 0.2) is 24.3 Å². The number of anilines is 1. The van der Waals surface area contributed by atoms with Crippen molar-refractivity contribution in [1.29, 1.82) is 0 Å². The molecule has 0 radical (unpaired) electrons. The summed E-state index contributed by atoms with van der Waals surface area (Å²) in [5.74, 6) is -0.558. The molecule has 5 N–H and O–H groups in total. The first-order chi connectivity index (χ1) is 8.41. The minimum atomic E-state index is -0.592. The lowest BCUT2D eigenvalue weighted by molar-refractivity contribution is -0.117. The Balaban J connectivity index is 2.79. The fourth-order valence-corrected chi connectivity index (χ4v) is 1.65. The monoisotopic (exact) mass is 249 g/mol. The molecule has 5 nitrogen and oxygen atoms in total. The van der Waals surface area contributed by atoms with Crippen molar-refractivity contribution in [3.63, 3.8) is 0 Å². The molecule has 18 heavy (non-hydrogen) atoms. The van der Waals surface area contributed by atoms with Gasteiger partial charge < -0.3 is 16.8 Å². The predicted molar refractivity (Wildman–Crippen MR) is 71.0 cm³/mol. The zero-order valence-electron chi connectivity index (χ0n) is 10.6. The maximum atomic E-state index is 11.8. The summed E-state index contributed by atoms with van der Waals surface area (Å²) < 4.78 is 0. The smallest absolute Gasteiger partial charge is 0.250 e. The summed E-state index contributed by atoms with van der Waals surface area (Å²) in [6.07, 6.45) is 0.588. The molecular formula is C13H19N3O2. The lowest BCUT2D eigenvalue weighted by atomic mass is 10.0. The highest BCUT2D eigenvalue weighted by Gasteiger charge is 2.17. The average Bonchev–Trinajstić information content (AvgIpc) is 2.28. The standard InChI is InChI=1S/C13H19N3O2/c1-8(2)7-10(14)13(18)16-11-6-4-3-5-9(11)12(15)17/h3-6,8,10H,7,14H2,1-2H3,(H2,15,17)(H,16,18)/t10-/m0/s1. The highest BCUT2D eigenvalue weighted by Crippen LogP contribution is 2.15. The number of para-hydroxylation sites is 1. The largest absolute Gasteiger partial charge is 0.366 e. The van der Waals surface area contributed by atoms with E-state index in [2.05, 4.69) is 5.32 Å². The number of nitrogens with two attached hydrogens (primary N) is 2. The Labute approximate surface area is 107 Å². The maximum Gasteiger partial charge on any atom is 0.250 e. The first-order valence-corrected chi connectivity index (χ1v) is 5.87. The van der Waals surface area contributed by atoms with Gasteiger partial charge in [0.15, 0.2) is 0 Å². The van der Waals surface area contributed by atoms with Gasteiger partial charge in [-0.05, 0) is 24.5 Å². The molecule has 2 amide bonds. The van der Waals surface area contributed by atoms with Crippen LogP contribution in [0, 0.1) is 5.92 Å². The third-order valence-corrected chi connectivity index (χ3v) is 2.51. The van der Waals surface area contributed by atoms with E-state index in [1.165, 1.54) is 0 Å². The van der Waals surface area contributed by atoms with Gasteiger partial charge in [0.25, 0.3) is 5.91 Å². The maximum absolute atomic E-state index is 11.8. The van der Waals surface area contributed by atoms with E-state index < -0.39 is 11.9 Å². The van der Waals surface area contributed by atoms with Crippen LogP contribution >= 0.6 is 0 Å². The molecule has 1 atom stereocenters. The summed E-state index contributed by atoms with van der Waals surface area (Å²) in [5.41, 5.74) is 11.7. The van der Waals surface area contributed by atoms with Gasteiger partial charge in [0, 0.05) is 0 Å². The summed E-state index contributed by atoms with van der Waals surface area (Å²) in [6, 6.07) is 6.00. The van der Waals surface area contributed by atoms with Crippen LogP contribution < -0.4 is 16.8 Å². The molecule has 0 unspecified atom stereocenters. The van der Waals surface area contributed by atoms with Gasteiger partial charge in [0.1, 0.15) is 0 Å². The summed E-state index contributed by atoms with van der Waals surface area (Å²) in [6.45, 7) is 3.98. The van der Waals surface area contributed by atoms with Gasteiger partial charge in [-0.2, -0.15) is 0 Å². The number of hydrogen-bond acceptors (Lipinski definition) is 3. The van der Waals surface area contributed by atoms with Crippen LogP contribution in [0.5, 0.6) is 0 Å². The van der Waals surface area contributed by atoms with Crippen LogP contribution in [0.1, 0.15) is 30.6 Å². The number of carbonyl (C=O) groups excluding carboxylic acids is 2. The number of hydrogen-bond donors (Lipinski definition) is 3. The fourth-order valence-electron chi connectivity index (χ4n) is 1.65. The average molecular weight is 249 g/mol. The molecule has 0 spiro atoms. The SMILES string of the molecule is CC(C)C[C@H](N)C(=O)Nc1ccccc1C(N)=O. The van der Waals surface area contributed by atoms with Gasteiger partial charge >= 0.3 is 0 Å². The molecule has 0 fully saturated rings. The van der Waals surface area contributed by atoms with E-state index >= 15 is 0 Å². The molecular weight excluding hydrogens is 230 g/mol. The molecule has 0 saturated carbocycles. The molecule has 0 aliphatic heterocycles. The molecule has 0 aromatic heterocycles. The third kappa shape index (κ3) is 3.85. The molecule has 98 valence electrons. The second-order valence-corrected chi connectivity index (χ2v) is 4.64. The van der Waals surface area contributed by atoms with Crippen molar-refractivity contribution < 1.29 is 9.59 Å². The molecule has 1 rings (SSSR count). The lowest BCUT2D eigenvalue weighted by Gasteiger charge is -2.15. The van der Waals surface area contributed by atoms with Crippen LogP contribution in [0.4, 0.5) is 5.69 Å². The first kappa shape index (κ1) is 14.2. The Bertz CT molecular complexity index is 444. The topological polar surface area (TPSA) is 98.2 Å². The van der Waals surface area contributed by atoms with Crippen molar-refractivity contribution in [2.75, 3.05) is 5.32 Å². The Kier molecular flexibility index (Phi) is 4.85. The number of primary amides is 1. The molecule has 5 heteroatoms. The van der Waals surface area contributed by atoms with Crippen LogP contribution in [-0.4, -0.2) is 17.9 Å². The Hall–Kier alpha value is -1.88. The van der Waals surface area contributed by atoms with Crippen molar-refractivity contribution in [3.8, 4) is 0 Å². The van der Waals surface area contributed by atoms with Gasteiger partial charge in [-0.25, -0.2) is 0 Å². The van der Waals surface area contributed by atoms with Crippen LogP contribution in [0.3, 0.4) is 0 Å². The second-order valence-electron chi connectivity index (χ2n) is 4.64. The summed E-state index contributed by atoms with van der Waals surface area (Å²) in [5, 5.41) is 2.63. The predicted octanol–water partition coefficient (Wildman–Crippen LogP) is 1.10. The van der Waals surface area contributed by atoms with E-state index in [0.29, 0.717) is 18.0 Å². The zero-order chi connectivity index (χ0) is 13.7. The molecule has 0 aliphatic carbocycles. The van der Waals surface area contributed by atoms with Crippen LogP contribution in [0.25, 0.3) is 0 Å². The second kappa shape index (κ2) is 6.16. The highest BCUT2D eigenvalue weighted by atomic mass is 16.2. The lowest BCUT2D eigenvalue weighted by Crippen LogP contribution is -2.37. The van der Waals surface area contributed by atoms with Gasteiger partial charge in [-0.15, -0.1) is 0 Å². The normalized spacial score (nSPS) is 12.2. The van der Waals surface area contributed by atoms with E-state index in [1.807, 2.05) is 13.8 Å². The Morgan fingerprint density at radius 1 is 1.28 bits per heavy atom. The Morgan fingerprint density at radius 2 is 1.89 bits per heavy atom. The van der Waals surface area contributed by atoms with E-state index in [-0.39, 0.29) is 11.5 Å². The van der Waals surface area contributed by atoms with Crippen molar-refractivity contribution in [2.24, 2.45) is 17.4 Å². The number of carbonyl (C=O) groups is 2. The van der Waals surface area contributed by atoms with Crippen LogP contribution in [0.2, 0.25) is 0 Å². The molecule has 0 aliphatic rings. The van der Waals surface area contributed by atoms with Gasteiger partial charge in [0.2, 0.25) is 5.91 Å². The minimum absolute atomic E-state index is 0.280. The molecule has 1 aromatic rings. The highest BCUT2D eigenvalue weighted by molar-refractivity contribution is 6.04. The van der Waals surface area contributed by atoms with E-state index in [1.54, 1.807) is 24.3 Å². The van der Waals surface area contributed by atoms with Crippen molar-refractivity contribution in [1.82, 2.24) is 0 Å². The molecule has 0 saturated heterocycles. The van der Waals surface area contributed by atoms with E-state index in [0.717, 1.165) is 0 Å². The van der Waals surface area contributed by atoms with Crippen LogP contribution in [-0.2, 0) is 4.79 Å². The van der Waals surface area contributed by atoms with Crippen molar-refractivity contribution >= 4 is 17.5 Å². The summed E-state index contributed by atoms with van der Waals surface area (Å²) in [4.78, 5) is 23.0. The quantitative estimate of drug-likeness (QED) is 0.728. The van der Waals surface area contributed by atoms with E-state index in [9.17, 15) is 9.59 Å². The number of nitrogens with one attached hydrogen (secondary N) is 1. The molecule has 1 aromatic carbocycles. The number of benzene rings is 1. The number of rotatable bonds is 5.